The molecule has 12 heavy (non-hydrogen) atoms. The van der Waals surface area contributed by atoms with Gasteiger partial charge in [-0.25, -0.2) is 0 Å². The summed E-state index contributed by atoms with van der Waals surface area (Å²) in [6.07, 6.45) is -0.736. The minimum Gasteiger partial charge on any atom is -0.468 e. The van der Waals surface area contributed by atoms with Crippen LogP contribution in [0.5, 0.6) is 0 Å². The third-order valence-electron chi connectivity index (χ3n) is 1.45. The average molecular weight is 175 g/mol. The Bertz CT molecular complexity index is 145. The number of rotatable bonds is 4. The van der Waals surface area contributed by atoms with E-state index in [1.807, 2.05) is 13.8 Å². The maximum Gasteiger partial charge on any atom is 0.325 e. The Balaban J connectivity index is 4.13. The smallest absolute Gasteiger partial charge is 0.325 e. The number of carbonyl (C=O) groups is 1. The van der Waals surface area contributed by atoms with Crippen LogP contribution in [0.2, 0.25) is 0 Å². The summed E-state index contributed by atoms with van der Waals surface area (Å²) in [6, 6.07) is -0.487. The maximum atomic E-state index is 11.0. The van der Waals surface area contributed by atoms with Crippen LogP contribution in [-0.4, -0.2) is 36.4 Å². The van der Waals surface area contributed by atoms with E-state index in [9.17, 15) is 9.90 Å². The molecule has 0 fully saturated rings. The molecular formula is C8H17NO3. The third-order valence-corrected chi connectivity index (χ3v) is 1.45. The molecule has 0 radical (unpaired) electrons. The monoisotopic (exact) mass is 175 g/mol. The minimum atomic E-state index is -0.736. The van der Waals surface area contributed by atoms with Gasteiger partial charge in [0, 0.05) is 6.04 Å². The van der Waals surface area contributed by atoms with Crippen molar-refractivity contribution in [3.8, 4) is 0 Å². The van der Waals surface area contributed by atoms with Crippen LogP contribution in [0, 0.1) is 0 Å². The quantitative estimate of drug-likeness (QED) is 0.586. The molecule has 4 nitrogen and oxygen atoms in total. The Morgan fingerprint density at radius 2 is 1.92 bits per heavy atom. The summed E-state index contributed by atoms with van der Waals surface area (Å²) in [5, 5.41) is 12.1. The fourth-order valence-corrected chi connectivity index (χ4v) is 0.890. The molecule has 0 aromatic carbocycles. The zero-order valence-corrected chi connectivity index (χ0v) is 8.00. The highest BCUT2D eigenvalue weighted by Gasteiger charge is 2.24. The van der Waals surface area contributed by atoms with Crippen molar-refractivity contribution in [1.29, 1.82) is 0 Å². The number of carbonyl (C=O) groups excluding carboxylic acids is 1. The van der Waals surface area contributed by atoms with Crippen molar-refractivity contribution in [3.63, 3.8) is 0 Å². The normalized spacial score (nSPS) is 15.8. The van der Waals surface area contributed by atoms with Crippen molar-refractivity contribution in [3.05, 3.63) is 0 Å². The highest BCUT2D eigenvalue weighted by Crippen LogP contribution is 1.97. The van der Waals surface area contributed by atoms with E-state index in [1.165, 1.54) is 7.11 Å². The van der Waals surface area contributed by atoms with Gasteiger partial charge in [0.15, 0.2) is 0 Å². The van der Waals surface area contributed by atoms with E-state index in [-0.39, 0.29) is 6.04 Å². The summed E-state index contributed by atoms with van der Waals surface area (Å²) in [5.74, 6) is -0.432. The lowest BCUT2D eigenvalue weighted by Gasteiger charge is -2.21. The van der Waals surface area contributed by atoms with Gasteiger partial charge in [-0.05, 0) is 6.92 Å². The molecule has 0 saturated heterocycles. The van der Waals surface area contributed by atoms with E-state index >= 15 is 0 Å². The molecule has 0 saturated carbocycles. The van der Waals surface area contributed by atoms with E-state index in [0.29, 0.717) is 0 Å². The molecule has 0 unspecified atom stereocenters. The van der Waals surface area contributed by atoms with Crippen molar-refractivity contribution >= 4 is 5.97 Å². The Hall–Kier alpha value is -0.610. The van der Waals surface area contributed by atoms with E-state index in [4.69, 9.17) is 0 Å². The van der Waals surface area contributed by atoms with Gasteiger partial charge in [0.2, 0.25) is 0 Å². The Labute approximate surface area is 72.9 Å². The van der Waals surface area contributed by atoms with Gasteiger partial charge in [0.1, 0.15) is 6.04 Å². The molecule has 2 atom stereocenters. The van der Waals surface area contributed by atoms with Crippen molar-refractivity contribution in [2.75, 3.05) is 7.11 Å². The van der Waals surface area contributed by atoms with Crippen LogP contribution in [0.4, 0.5) is 0 Å². The molecule has 72 valence electrons. The van der Waals surface area contributed by atoms with Gasteiger partial charge in [-0.3, -0.25) is 4.79 Å². The second-order valence-electron chi connectivity index (χ2n) is 3.06. The summed E-state index contributed by atoms with van der Waals surface area (Å²) >= 11 is 0. The number of ether oxygens (including phenoxy) is 1. The lowest BCUT2D eigenvalue weighted by Crippen LogP contribution is -2.48. The summed E-state index contributed by atoms with van der Waals surface area (Å²) < 4.78 is 4.51. The minimum absolute atomic E-state index is 0.142. The van der Waals surface area contributed by atoms with Crippen LogP contribution in [0.25, 0.3) is 0 Å². The molecule has 0 aromatic heterocycles. The SMILES string of the molecule is COC(=O)[C@@H](NC(C)C)[C@@H](C)O. The zero-order chi connectivity index (χ0) is 9.72. The van der Waals surface area contributed by atoms with Crippen molar-refractivity contribution in [2.24, 2.45) is 0 Å². The fourth-order valence-electron chi connectivity index (χ4n) is 0.890. The molecule has 0 aliphatic carbocycles. The lowest BCUT2D eigenvalue weighted by molar-refractivity contribution is -0.146. The van der Waals surface area contributed by atoms with Crippen molar-refractivity contribution in [2.45, 2.75) is 39.0 Å². The molecular weight excluding hydrogens is 158 g/mol. The number of methoxy groups -OCH3 is 1. The van der Waals surface area contributed by atoms with Crippen LogP contribution in [0.15, 0.2) is 0 Å². The van der Waals surface area contributed by atoms with Gasteiger partial charge in [-0.15, -0.1) is 0 Å². The highest BCUT2D eigenvalue weighted by atomic mass is 16.5. The first-order valence-electron chi connectivity index (χ1n) is 4.01. The number of aliphatic hydroxyl groups is 1. The van der Waals surface area contributed by atoms with Gasteiger partial charge < -0.3 is 15.2 Å². The van der Waals surface area contributed by atoms with Crippen molar-refractivity contribution < 1.29 is 14.6 Å². The summed E-state index contributed by atoms with van der Waals surface area (Å²) in [5.41, 5.74) is 0. The van der Waals surface area contributed by atoms with Gasteiger partial charge in [0.05, 0.1) is 13.2 Å². The molecule has 0 spiro atoms. The number of hydrogen-bond donors (Lipinski definition) is 2. The summed E-state index contributed by atoms with van der Waals surface area (Å²) in [4.78, 5) is 11.0. The molecule has 0 amide bonds. The molecule has 0 aliphatic rings. The predicted molar refractivity (Wildman–Crippen MR) is 45.8 cm³/mol. The standard InChI is InChI=1S/C8H17NO3/c1-5(2)9-7(6(3)10)8(11)12-4/h5-7,9-10H,1-4H3/t6-,7+/m1/s1. The summed E-state index contributed by atoms with van der Waals surface area (Å²) in [7, 11) is 1.31. The summed E-state index contributed by atoms with van der Waals surface area (Å²) in [6.45, 7) is 5.35. The number of nitrogens with one attached hydrogen (secondary N) is 1. The molecule has 4 heteroatoms. The van der Waals surface area contributed by atoms with Gasteiger partial charge in [0.25, 0.3) is 0 Å². The molecule has 0 aliphatic heterocycles. The molecule has 0 rings (SSSR count). The molecule has 0 aromatic rings. The van der Waals surface area contributed by atoms with E-state index in [0.717, 1.165) is 0 Å². The highest BCUT2D eigenvalue weighted by molar-refractivity contribution is 5.76. The maximum absolute atomic E-state index is 11.0. The largest absolute Gasteiger partial charge is 0.468 e. The predicted octanol–water partition coefficient (Wildman–Crippen LogP) is -0.0932. The van der Waals surface area contributed by atoms with Gasteiger partial charge in [-0.2, -0.15) is 0 Å². The molecule has 0 bridgehead atoms. The van der Waals surface area contributed by atoms with E-state index < -0.39 is 18.1 Å². The first kappa shape index (κ1) is 11.4. The fraction of sp³-hybridized carbons (Fsp3) is 0.875. The van der Waals surface area contributed by atoms with Crippen LogP contribution >= 0.6 is 0 Å². The topological polar surface area (TPSA) is 58.6 Å². The Kier molecular flexibility index (Phi) is 4.85. The first-order valence-corrected chi connectivity index (χ1v) is 4.01. The van der Waals surface area contributed by atoms with Crippen LogP contribution < -0.4 is 5.32 Å². The van der Waals surface area contributed by atoms with Crippen LogP contribution in [0.3, 0.4) is 0 Å². The third kappa shape index (κ3) is 3.69. The first-order chi connectivity index (χ1) is 5.49. The number of aliphatic hydroxyl groups excluding tert-OH is 1. The van der Waals surface area contributed by atoms with Gasteiger partial charge in [-0.1, -0.05) is 13.8 Å². The van der Waals surface area contributed by atoms with E-state index in [1.54, 1.807) is 6.92 Å². The van der Waals surface area contributed by atoms with Gasteiger partial charge >= 0.3 is 5.97 Å². The Morgan fingerprint density at radius 3 is 2.17 bits per heavy atom. The number of hydrogen-bond acceptors (Lipinski definition) is 4. The zero-order valence-electron chi connectivity index (χ0n) is 8.00. The van der Waals surface area contributed by atoms with E-state index in [2.05, 4.69) is 10.1 Å². The average Bonchev–Trinajstić information content (AvgIpc) is 1.98. The second kappa shape index (κ2) is 5.11. The van der Waals surface area contributed by atoms with Crippen molar-refractivity contribution in [1.82, 2.24) is 5.32 Å². The van der Waals surface area contributed by atoms with Crippen LogP contribution in [-0.2, 0) is 9.53 Å². The lowest BCUT2D eigenvalue weighted by atomic mass is 10.1. The second-order valence-corrected chi connectivity index (χ2v) is 3.06. The Morgan fingerprint density at radius 1 is 1.42 bits per heavy atom. The molecule has 0 heterocycles. The van der Waals surface area contributed by atoms with Crippen LogP contribution in [0.1, 0.15) is 20.8 Å². The molecule has 2 N–H and O–H groups in total. The number of esters is 1.